The minimum Gasteiger partial charge on any atom is -0.496 e. The Balaban J connectivity index is 2.16. The van der Waals surface area contributed by atoms with E-state index in [1.54, 1.807) is 18.4 Å². The zero-order valence-electron chi connectivity index (χ0n) is 11.1. The molecule has 0 saturated carbocycles. The van der Waals surface area contributed by atoms with Crippen LogP contribution < -0.4 is 4.74 Å². The van der Waals surface area contributed by atoms with Crippen LogP contribution in [-0.2, 0) is 6.42 Å². The van der Waals surface area contributed by atoms with Crippen molar-refractivity contribution in [3.05, 3.63) is 45.9 Å². The zero-order chi connectivity index (χ0) is 13.0. The second-order valence-electron chi connectivity index (χ2n) is 4.46. The van der Waals surface area contributed by atoms with Crippen molar-refractivity contribution in [2.24, 2.45) is 0 Å². The molecule has 1 atom stereocenters. The van der Waals surface area contributed by atoms with E-state index in [4.69, 9.17) is 9.72 Å². The van der Waals surface area contributed by atoms with Gasteiger partial charge in [-0.1, -0.05) is 32.0 Å². The van der Waals surface area contributed by atoms with Crippen LogP contribution in [0.25, 0.3) is 0 Å². The van der Waals surface area contributed by atoms with Crippen molar-refractivity contribution in [1.29, 1.82) is 0 Å². The van der Waals surface area contributed by atoms with E-state index in [0.29, 0.717) is 5.92 Å². The molecular weight excluding hydrogens is 242 g/mol. The Labute approximate surface area is 113 Å². The van der Waals surface area contributed by atoms with Gasteiger partial charge < -0.3 is 4.74 Å². The minimum atomic E-state index is 0.549. The van der Waals surface area contributed by atoms with Gasteiger partial charge in [-0.15, -0.1) is 11.3 Å². The Morgan fingerprint density at radius 3 is 2.83 bits per heavy atom. The summed E-state index contributed by atoms with van der Waals surface area (Å²) in [5.41, 5.74) is 2.41. The first-order valence-corrected chi connectivity index (χ1v) is 7.18. The minimum absolute atomic E-state index is 0.549. The number of thiazole rings is 1. The van der Waals surface area contributed by atoms with E-state index in [0.717, 1.165) is 23.6 Å². The fraction of sp³-hybridized carbons (Fsp3) is 0.400. The van der Waals surface area contributed by atoms with Crippen molar-refractivity contribution in [2.75, 3.05) is 7.11 Å². The Morgan fingerprint density at radius 2 is 2.11 bits per heavy atom. The molecular formula is C15H19NOS. The molecule has 3 heteroatoms. The van der Waals surface area contributed by atoms with Gasteiger partial charge >= 0.3 is 0 Å². The molecule has 96 valence electrons. The summed E-state index contributed by atoms with van der Waals surface area (Å²) < 4.78 is 5.37. The second kappa shape index (κ2) is 6.01. The Hall–Kier alpha value is -1.35. The summed E-state index contributed by atoms with van der Waals surface area (Å²) in [4.78, 5) is 4.71. The number of methoxy groups -OCH3 is 1. The maximum atomic E-state index is 5.37. The molecule has 0 saturated heterocycles. The molecule has 0 spiro atoms. The second-order valence-corrected chi connectivity index (χ2v) is 5.41. The standard InChI is InChI=1S/C15H19NOS/c1-4-11(2)13-10-18-15(16-13)9-12-7-5-6-8-14(12)17-3/h5-8,10-11H,4,9H2,1-3H3. The highest BCUT2D eigenvalue weighted by molar-refractivity contribution is 7.09. The first kappa shape index (κ1) is 13.1. The topological polar surface area (TPSA) is 22.1 Å². The summed E-state index contributed by atoms with van der Waals surface area (Å²) in [6.45, 7) is 4.42. The third-order valence-electron chi connectivity index (χ3n) is 3.22. The van der Waals surface area contributed by atoms with Crippen LogP contribution in [0.5, 0.6) is 5.75 Å². The molecule has 0 bridgehead atoms. The Bertz CT molecular complexity index is 507. The van der Waals surface area contributed by atoms with Crippen molar-refractivity contribution < 1.29 is 4.74 Å². The number of rotatable bonds is 5. The first-order chi connectivity index (χ1) is 8.74. The molecule has 0 N–H and O–H groups in total. The normalized spacial score (nSPS) is 12.4. The molecule has 2 aromatic rings. The molecule has 1 heterocycles. The first-order valence-electron chi connectivity index (χ1n) is 6.30. The number of para-hydroxylation sites is 1. The van der Waals surface area contributed by atoms with Gasteiger partial charge in [0.25, 0.3) is 0 Å². The third-order valence-corrected chi connectivity index (χ3v) is 4.09. The highest BCUT2D eigenvalue weighted by Gasteiger charge is 2.10. The molecule has 1 unspecified atom stereocenters. The maximum Gasteiger partial charge on any atom is 0.122 e. The van der Waals surface area contributed by atoms with Gasteiger partial charge in [0.15, 0.2) is 0 Å². The number of aromatic nitrogens is 1. The largest absolute Gasteiger partial charge is 0.496 e. The average Bonchev–Trinajstić information content (AvgIpc) is 2.87. The van der Waals surface area contributed by atoms with Crippen LogP contribution in [0.1, 0.15) is 42.5 Å². The fourth-order valence-corrected chi connectivity index (χ4v) is 2.79. The van der Waals surface area contributed by atoms with Gasteiger partial charge in [0.1, 0.15) is 5.75 Å². The van der Waals surface area contributed by atoms with Crippen LogP contribution >= 0.6 is 11.3 Å². The molecule has 18 heavy (non-hydrogen) atoms. The Kier molecular flexibility index (Phi) is 4.37. The van der Waals surface area contributed by atoms with Crippen LogP contribution in [0.2, 0.25) is 0 Å². The van der Waals surface area contributed by atoms with E-state index in [-0.39, 0.29) is 0 Å². The van der Waals surface area contributed by atoms with Gasteiger partial charge in [-0.25, -0.2) is 4.98 Å². The monoisotopic (exact) mass is 261 g/mol. The number of benzene rings is 1. The van der Waals surface area contributed by atoms with E-state index < -0.39 is 0 Å². The lowest BCUT2D eigenvalue weighted by atomic mass is 10.1. The van der Waals surface area contributed by atoms with Gasteiger partial charge in [-0.3, -0.25) is 0 Å². The predicted molar refractivity (Wildman–Crippen MR) is 76.6 cm³/mol. The smallest absolute Gasteiger partial charge is 0.122 e. The quantitative estimate of drug-likeness (QED) is 0.802. The fourth-order valence-electron chi connectivity index (χ4n) is 1.85. The highest BCUT2D eigenvalue weighted by atomic mass is 32.1. The molecule has 0 amide bonds. The van der Waals surface area contributed by atoms with Crippen LogP contribution in [-0.4, -0.2) is 12.1 Å². The van der Waals surface area contributed by atoms with E-state index in [9.17, 15) is 0 Å². The van der Waals surface area contributed by atoms with Crippen LogP contribution in [0.4, 0.5) is 0 Å². The molecule has 0 radical (unpaired) electrons. The van der Waals surface area contributed by atoms with Crippen molar-refractivity contribution in [2.45, 2.75) is 32.6 Å². The summed E-state index contributed by atoms with van der Waals surface area (Å²) in [5, 5.41) is 3.34. The van der Waals surface area contributed by atoms with Gasteiger partial charge in [-0.2, -0.15) is 0 Å². The zero-order valence-corrected chi connectivity index (χ0v) is 12.0. The Morgan fingerprint density at radius 1 is 1.33 bits per heavy atom. The molecule has 0 fully saturated rings. The van der Waals surface area contributed by atoms with Crippen LogP contribution in [0, 0.1) is 0 Å². The summed E-state index contributed by atoms with van der Waals surface area (Å²) in [7, 11) is 1.71. The lowest BCUT2D eigenvalue weighted by Crippen LogP contribution is -1.95. The molecule has 2 nitrogen and oxygen atoms in total. The molecule has 2 rings (SSSR count). The maximum absolute atomic E-state index is 5.37. The third kappa shape index (κ3) is 2.91. The van der Waals surface area contributed by atoms with Gasteiger partial charge in [0, 0.05) is 17.4 Å². The molecule has 1 aromatic heterocycles. The lowest BCUT2D eigenvalue weighted by Gasteiger charge is -2.06. The van der Waals surface area contributed by atoms with Crippen LogP contribution in [0.15, 0.2) is 29.6 Å². The number of hydrogen-bond acceptors (Lipinski definition) is 3. The number of hydrogen-bond donors (Lipinski definition) is 0. The number of ether oxygens (including phenoxy) is 1. The van der Waals surface area contributed by atoms with E-state index in [2.05, 4.69) is 25.3 Å². The summed E-state index contributed by atoms with van der Waals surface area (Å²) in [5.74, 6) is 1.49. The molecule has 0 aliphatic rings. The van der Waals surface area contributed by atoms with E-state index in [1.165, 1.54) is 11.3 Å². The average molecular weight is 261 g/mol. The van der Waals surface area contributed by atoms with Crippen LogP contribution in [0.3, 0.4) is 0 Å². The molecule has 0 aliphatic heterocycles. The SMILES string of the molecule is CCC(C)c1csc(Cc2ccccc2OC)n1. The van der Waals surface area contributed by atoms with Crippen molar-refractivity contribution in [3.63, 3.8) is 0 Å². The van der Waals surface area contributed by atoms with Gasteiger partial charge in [0.05, 0.1) is 17.8 Å². The summed E-state index contributed by atoms with van der Waals surface area (Å²) in [6, 6.07) is 8.14. The molecule has 1 aromatic carbocycles. The van der Waals surface area contributed by atoms with Gasteiger partial charge in [-0.05, 0) is 18.4 Å². The summed E-state index contributed by atoms with van der Waals surface area (Å²) in [6.07, 6.45) is 1.99. The highest BCUT2D eigenvalue weighted by Crippen LogP contribution is 2.25. The van der Waals surface area contributed by atoms with Crippen molar-refractivity contribution >= 4 is 11.3 Å². The summed E-state index contributed by atoms with van der Waals surface area (Å²) >= 11 is 1.74. The van der Waals surface area contributed by atoms with Gasteiger partial charge in [0.2, 0.25) is 0 Å². The lowest BCUT2D eigenvalue weighted by molar-refractivity contribution is 0.410. The van der Waals surface area contributed by atoms with Crippen molar-refractivity contribution in [3.8, 4) is 5.75 Å². The number of nitrogens with zero attached hydrogens (tertiary/aromatic N) is 1. The van der Waals surface area contributed by atoms with E-state index >= 15 is 0 Å². The molecule has 0 aliphatic carbocycles. The predicted octanol–water partition coefficient (Wildman–Crippen LogP) is 4.26. The van der Waals surface area contributed by atoms with E-state index in [1.807, 2.05) is 18.2 Å². The van der Waals surface area contributed by atoms with Crippen molar-refractivity contribution in [1.82, 2.24) is 4.98 Å².